The highest BCUT2D eigenvalue weighted by atomic mass is 16.3. The average Bonchev–Trinajstić information content (AvgIpc) is 3.20. The number of aromatic nitrogens is 3. The summed E-state index contributed by atoms with van der Waals surface area (Å²) in [6.07, 6.45) is 3.15. The molecule has 27 heavy (non-hydrogen) atoms. The molecule has 0 aromatic carbocycles. The smallest absolute Gasteiger partial charge is 0.267 e. The number of fused-ring (bicyclic) bond motifs is 2. The summed E-state index contributed by atoms with van der Waals surface area (Å²) in [5.74, 6) is 0.157. The Bertz CT molecular complexity index is 1270. The van der Waals surface area contributed by atoms with Crippen molar-refractivity contribution in [3.63, 3.8) is 0 Å². The van der Waals surface area contributed by atoms with Gasteiger partial charge in [0.25, 0.3) is 11.5 Å². The first-order chi connectivity index (χ1) is 13.1. The summed E-state index contributed by atoms with van der Waals surface area (Å²) in [5.41, 5.74) is 0.727. The highest BCUT2D eigenvalue weighted by Crippen LogP contribution is 2.10. The molecule has 0 atom stereocenters. The monoisotopic (exact) mass is 363 g/mol. The van der Waals surface area contributed by atoms with Crippen LogP contribution in [0.3, 0.4) is 0 Å². The molecule has 4 aromatic heterocycles. The number of hydrogen-bond donors (Lipinski definition) is 2. The molecule has 0 radical (unpaired) electrons. The molecule has 0 bridgehead atoms. The summed E-state index contributed by atoms with van der Waals surface area (Å²) in [6, 6.07) is 10.2. The fourth-order valence-electron chi connectivity index (χ4n) is 3.04. The van der Waals surface area contributed by atoms with E-state index in [0.717, 1.165) is 0 Å². The third-order valence-electron chi connectivity index (χ3n) is 4.38. The number of carbonyl (C=O) groups is 1. The maximum Gasteiger partial charge on any atom is 0.267 e. The molecular formula is C19H17N5O3. The number of pyridine rings is 2. The van der Waals surface area contributed by atoms with Gasteiger partial charge in [-0.05, 0) is 37.3 Å². The van der Waals surface area contributed by atoms with Gasteiger partial charge in [-0.3, -0.25) is 19.4 Å². The number of nitrogens with one attached hydrogen (secondary N) is 2. The number of hydrogen-bond acceptors (Lipinski definition) is 5. The van der Waals surface area contributed by atoms with Crippen molar-refractivity contribution in [2.45, 2.75) is 20.0 Å². The van der Waals surface area contributed by atoms with Crippen LogP contribution in [0.15, 0.2) is 58.1 Å². The van der Waals surface area contributed by atoms with Gasteiger partial charge in [0.1, 0.15) is 22.5 Å². The Hall–Kier alpha value is -3.68. The number of rotatable bonds is 4. The molecular weight excluding hydrogens is 346 g/mol. The van der Waals surface area contributed by atoms with Crippen LogP contribution < -0.4 is 16.4 Å². The number of amides is 1. The van der Waals surface area contributed by atoms with Crippen molar-refractivity contribution in [3.05, 3.63) is 76.0 Å². The Morgan fingerprint density at radius 3 is 2.89 bits per heavy atom. The van der Waals surface area contributed by atoms with Gasteiger partial charge in [-0.15, -0.1) is 0 Å². The van der Waals surface area contributed by atoms with Crippen LogP contribution in [0.25, 0.3) is 16.7 Å². The maximum absolute atomic E-state index is 12.9. The zero-order valence-electron chi connectivity index (χ0n) is 14.6. The van der Waals surface area contributed by atoms with Gasteiger partial charge in [0.05, 0.1) is 23.8 Å². The molecule has 0 saturated carbocycles. The van der Waals surface area contributed by atoms with Crippen molar-refractivity contribution in [1.29, 1.82) is 5.41 Å². The van der Waals surface area contributed by atoms with Gasteiger partial charge in [0.15, 0.2) is 0 Å². The van der Waals surface area contributed by atoms with E-state index in [1.54, 1.807) is 41.1 Å². The summed E-state index contributed by atoms with van der Waals surface area (Å²) >= 11 is 0. The molecule has 0 spiro atoms. The molecule has 4 rings (SSSR count). The second kappa shape index (κ2) is 6.56. The van der Waals surface area contributed by atoms with Crippen molar-refractivity contribution in [3.8, 4) is 0 Å². The van der Waals surface area contributed by atoms with Gasteiger partial charge in [-0.2, -0.15) is 0 Å². The minimum absolute atomic E-state index is 0.00845. The molecule has 0 saturated heterocycles. The summed E-state index contributed by atoms with van der Waals surface area (Å²) in [6.45, 7) is 2.45. The van der Waals surface area contributed by atoms with E-state index in [0.29, 0.717) is 29.0 Å². The van der Waals surface area contributed by atoms with E-state index in [1.807, 2.05) is 6.92 Å². The molecule has 2 N–H and O–H groups in total. The molecule has 0 aliphatic carbocycles. The van der Waals surface area contributed by atoms with Crippen LogP contribution in [-0.4, -0.2) is 19.9 Å². The first-order valence-corrected chi connectivity index (χ1v) is 8.50. The Labute approximate surface area is 153 Å². The minimum atomic E-state index is -0.446. The lowest BCUT2D eigenvalue weighted by molar-refractivity contribution is 0.0945. The third-order valence-corrected chi connectivity index (χ3v) is 4.38. The van der Waals surface area contributed by atoms with E-state index in [1.165, 1.54) is 16.7 Å². The Morgan fingerprint density at radius 2 is 2.15 bits per heavy atom. The molecule has 4 aromatic rings. The summed E-state index contributed by atoms with van der Waals surface area (Å²) in [7, 11) is 0. The van der Waals surface area contributed by atoms with Gasteiger partial charge >= 0.3 is 0 Å². The van der Waals surface area contributed by atoms with Crippen LogP contribution in [0.2, 0.25) is 0 Å². The average molecular weight is 363 g/mol. The van der Waals surface area contributed by atoms with Gasteiger partial charge in [-0.25, -0.2) is 4.98 Å². The summed E-state index contributed by atoms with van der Waals surface area (Å²) in [4.78, 5) is 30.0. The molecule has 0 aliphatic rings. The number of aryl methyl sites for hydroxylation is 1. The van der Waals surface area contributed by atoms with Gasteiger partial charge in [-0.1, -0.05) is 6.07 Å². The second-order valence-corrected chi connectivity index (χ2v) is 6.00. The van der Waals surface area contributed by atoms with Crippen LogP contribution in [-0.2, 0) is 13.1 Å². The first kappa shape index (κ1) is 16.8. The SMILES string of the molecule is CCn1c(=N)c(C(=O)NCc2ccco2)cc2c(=O)n3ccccc3nc21. The number of furan rings is 1. The molecule has 8 nitrogen and oxygen atoms in total. The van der Waals surface area contributed by atoms with Crippen LogP contribution >= 0.6 is 0 Å². The Morgan fingerprint density at radius 1 is 1.30 bits per heavy atom. The van der Waals surface area contributed by atoms with Gasteiger partial charge < -0.3 is 14.3 Å². The van der Waals surface area contributed by atoms with Crippen molar-refractivity contribution in [2.24, 2.45) is 0 Å². The molecule has 0 fully saturated rings. The quantitative estimate of drug-likeness (QED) is 0.538. The normalized spacial score (nSPS) is 11.1. The van der Waals surface area contributed by atoms with Crippen LogP contribution in [0.5, 0.6) is 0 Å². The minimum Gasteiger partial charge on any atom is -0.467 e. The van der Waals surface area contributed by atoms with Crippen molar-refractivity contribution >= 4 is 22.6 Å². The molecule has 0 aliphatic heterocycles. The first-order valence-electron chi connectivity index (χ1n) is 8.50. The standard InChI is InChI=1S/C19H17N5O3/c1-2-23-16(20)13(18(25)21-11-12-6-5-9-27-12)10-14-17(23)22-15-7-3-4-8-24(15)19(14)26/h3-10,20H,2,11H2,1H3,(H,21,25). The van der Waals surface area contributed by atoms with E-state index in [4.69, 9.17) is 9.83 Å². The van der Waals surface area contributed by atoms with Crippen molar-refractivity contribution in [1.82, 2.24) is 19.3 Å². The molecule has 4 heterocycles. The summed E-state index contributed by atoms with van der Waals surface area (Å²) < 4.78 is 8.19. The number of nitrogens with zero attached hydrogens (tertiary/aromatic N) is 3. The summed E-state index contributed by atoms with van der Waals surface area (Å²) in [5, 5.41) is 11.4. The van der Waals surface area contributed by atoms with Gasteiger partial charge in [0, 0.05) is 12.7 Å². The van der Waals surface area contributed by atoms with Crippen molar-refractivity contribution in [2.75, 3.05) is 0 Å². The fraction of sp³-hybridized carbons (Fsp3) is 0.158. The number of carbonyl (C=O) groups excluding carboxylic acids is 1. The third kappa shape index (κ3) is 2.80. The largest absolute Gasteiger partial charge is 0.467 e. The van der Waals surface area contributed by atoms with E-state index in [-0.39, 0.29) is 23.2 Å². The van der Waals surface area contributed by atoms with E-state index < -0.39 is 5.91 Å². The van der Waals surface area contributed by atoms with Crippen LogP contribution in [0.1, 0.15) is 23.0 Å². The lowest BCUT2D eigenvalue weighted by Gasteiger charge is -2.13. The molecule has 136 valence electrons. The molecule has 8 heteroatoms. The highest BCUT2D eigenvalue weighted by Gasteiger charge is 2.17. The van der Waals surface area contributed by atoms with Gasteiger partial charge in [0.2, 0.25) is 0 Å². The predicted molar refractivity (Wildman–Crippen MR) is 98.4 cm³/mol. The van der Waals surface area contributed by atoms with E-state index in [9.17, 15) is 9.59 Å². The maximum atomic E-state index is 12.9. The Balaban J connectivity index is 1.88. The molecule has 1 amide bonds. The van der Waals surface area contributed by atoms with Crippen LogP contribution in [0.4, 0.5) is 0 Å². The zero-order chi connectivity index (χ0) is 19.0. The van der Waals surface area contributed by atoms with E-state index in [2.05, 4.69) is 10.3 Å². The van der Waals surface area contributed by atoms with Crippen LogP contribution in [0, 0.1) is 5.41 Å². The lowest BCUT2D eigenvalue weighted by Crippen LogP contribution is -2.34. The Kier molecular flexibility index (Phi) is 4.08. The predicted octanol–water partition coefficient (Wildman–Crippen LogP) is 1.67. The highest BCUT2D eigenvalue weighted by molar-refractivity contribution is 5.96. The molecule has 0 unspecified atom stereocenters. The van der Waals surface area contributed by atoms with E-state index >= 15 is 0 Å². The fourth-order valence-corrected chi connectivity index (χ4v) is 3.04. The topological polar surface area (TPSA) is 105 Å². The van der Waals surface area contributed by atoms with Crippen molar-refractivity contribution < 1.29 is 9.21 Å². The zero-order valence-corrected chi connectivity index (χ0v) is 14.6. The lowest BCUT2D eigenvalue weighted by atomic mass is 10.2. The second-order valence-electron chi connectivity index (χ2n) is 6.00.